The lowest BCUT2D eigenvalue weighted by Gasteiger charge is -2.20. The smallest absolute Gasteiger partial charge is 0.305 e. The summed E-state index contributed by atoms with van der Waals surface area (Å²) in [6, 6.07) is -0.628. The van der Waals surface area contributed by atoms with Crippen LogP contribution in [0, 0.1) is 0 Å². The van der Waals surface area contributed by atoms with E-state index in [1.165, 1.54) is 372 Å². The topological polar surface area (TPSA) is 95.9 Å². The van der Waals surface area contributed by atoms with Crippen molar-refractivity contribution in [1.82, 2.24) is 5.32 Å². The highest BCUT2D eigenvalue weighted by molar-refractivity contribution is 5.76. The molecule has 3 N–H and O–H groups in total. The fourth-order valence-corrected chi connectivity index (χ4v) is 12.6. The van der Waals surface area contributed by atoms with Gasteiger partial charge >= 0.3 is 5.97 Å². The quantitative estimate of drug-likeness (QED) is 0.0320. The molecule has 0 aliphatic rings. The highest BCUT2D eigenvalue weighted by atomic mass is 16.5. The molecule has 0 rings (SSSR count). The van der Waals surface area contributed by atoms with Crippen molar-refractivity contribution in [3.63, 3.8) is 0 Å². The van der Waals surface area contributed by atoms with Crippen LogP contribution < -0.4 is 5.32 Å². The number of aliphatic hydroxyl groups excluding tert-OH is 2. The SMILES string of the molecule is CCCCCCCCC/C=C\CCCCCCCCCC(=O)OCCCCCCCCCCCCCC/C=C\CCCCCCCCCCCCCCCCC(=O)NC(CO)C(O)/C=C/CCCCCCCCCCCCCCCCCCCCCC. The predicted octanol–water partition coefficient (Wildman–Crippen LogP) is 26.2. The molecule has 514 valence electrons. The van der Waals surface area contributed by atoms with Crippen LogP contribution in [0.3, 0.4) is 0 Å². The van der Waals surface area contributed by atoms with Crippen LogP contribution in [0.25, 0.3) is 0 Å². The zero-order valence-electron chi connectivity index (χ0n) is 59.0. The van der Waals surface area contributed by atoms with Crippen LogP contribution in [0.5, 0.6) is 0 Å². The normalized spacial score (nSPS) is 12.6. The van der Waals surface area contributed by atoms with Crippen molar-refractivity contribution < 1.29 is 24.5 Å². The van der Waals surface area contributed by atoms with Crippen LogP contribution >= 0.6 is 0 Å². The second-order valence-electron chi connectivity index (χ2n) is 27.4. The minimum Gasteiger partial charge on any atom is -0.466 e. The number of hydrogen-bond donors (Lipinski definition) is 3. The van der Waals surface area contributed by atoms with Gasteiger partial charge in [0.25, 0.3) is 0 Å². The van der Waals surface area contributed by atoms with Gasteiger partial charge in [0.05, 0.1) is 25.4 Å². The van der Waals surface area contributed by atoms with E-state index >= 15 is 0 Å². The van der Waals surface area contributed by atoms with Crippen molar-refractivity contribution in [2.45, 2.75) is 456 Å². The van der Waals surface area contributed by atoms with E-state index in [2.05, 4.69) is 43.5 Å². The third-order valence-electron chi connectivity index (χ3n) is 18.6. The Morgan fingerprint density at radius 1 is 0.310 bits per heavy atom. The largest absolute Gasteiger partial charge is 0.466 e. The Balaban J connectivity index is 3.38. The molecule has 1 amide bonds. The van der Waals surface area contributed by atoms with Gasteiger partial charge in [-0.15, -0.1) is 0 Å². The van der Waals surface area contributed by atoms with Gasteiger partial charge in [-0.1, -0.05) is 384 Å². The van der Waals surface area contributed by atoms with Gasteiger partial charge in [0.2, 0.25) is 5.91 Å². The molecule has 6 heteroatoms. The zero-order valence-corrected chi connectivity index (χ0v) is 59.0. The molecule has 2 unspecified atom stereocenters. The lowest BCUT2D eigenvalue weighted by molar-refractivity contribution is -0.143. The van der Waals surface area contributed by atoms with E-state index in [-0.39, 0.29) is 18.5 Å². The number of rotatable bonds is 75. The molecule has 0 radical (unpaired) electrons. The highest BCUT2D eigenvalue weighted by Gasteiger charge is 2.18. The van der Waals surface area contributed by atoms with Crippen molar-refractivity contribution in [3.05, 3.63) is 36.5 Å². The van der Waals surface area contributed by atoms with Gasteiger partial charge in [-0.2, -0.15) is 0 Å². The maximum atomic E-state index is 12.5. The second-order valence-corrected chi connectivity index (χ2v) is 27.4. The summed E-state index contributed by atoms with van der Waals surface area (Å²) in [5, 5.41) is 23.3. The summed E-state index contributed by atoms with van der Waals surface area (Å²) in [6.45, 7) is 4.95. The van der Waals surface area contributed by atoms with Crippen molar-refractivity contribution in [3.8, 4) is 0 Å². The maximum absolute atomic E-state index is 12.5. The first-order valence-corrected chi connectivity index (χ1v) is 39.8. The number of aliphatic hydroxyl groups is 2. The number of carbonyl (C=O) groups excluding carboxylic acids is 2. The Labute approximate surface area is 544 Å². The Hall–Kier alpha value is -1.92. The third-order valence-corrected chi connectivity index (χ3v) is 18.6. The Morgan fingerprint density at radius 3 is 0.816 bits per heavy atom. The summed E-state index contributed by atoms with van der Waals surface area (Å²) in [6.07, 6.45) is 99.8. The van der Waals surface area contributed by atoms with Crippen molar-refractivity contribution in [2.24, 2.45) is 0 Å². The molecule has 0 heterocycles. The lowest BCUT2D eigenvalue weighted by Crippen LogP contribution is -2.45. The molecule has 87 heavy (non-hydrogen) atoms. The first kappa shape index (κ1) is 85.1. The van der Waals surface area contributed by atoms with Crippen molar-refractivity contribution >= 4 is 11.9 Å². The van der Waals surface area contributed by atoms with Crippen LogP contribution in [-0.4, -0.2) is 47.4 Å². The van der Waals surface area contributed by atoms with Crippen molar-refractivity contribution in [1.29, 1.82) is 0 Å². The molecule has 0 bridgehead atoms. The third kappa shape index (κ3) is 73.0. The summed E-state index contributed by atoms with van der Waals surface area (Å²) in [7, 11) is 0. The molecule has 0 saturated carbocycles. The van der Waals surface area contributed by atoms with Gasteiger partial charge < -0.3 is 20.3 Å². The summed E-state index contributed by atoms with van der Waals surface area (Å²) in [4.78, 5) is 24.7. The number of ether oxygens (including phenoxy) is 1. The molecule has 0 aromatic carbocycles. The fourth-order valence-electron chi connectivity index (χ4n) is 12.6. The first-order chi connectivity index (χ1) is 43.0. The summed E-state index contributed by atoms with van der Waals surface area (Å²) >= 11 is 0. The molecule has 0 spiro atoms. The molecule has 0 aromatic heterocycles. The number of amides is 1. The second kappa shape index (κ2) is 76.5. The van der Waals surface area contributed by atoms with Gasteiger partial charge in [-0.05, 0) is 83.5 Å². The van der Waals surface area contributed by atoms with Crippen LogP contribution in [-0.2, 0) is 14.3 Å². The van der Waals surface area contributed by atoms with E-state index in [1.807, 2.05) is 6.08 Å². The Bertz CT molecular complexity index is 1410. The summed E-state index contributed by atoms with van der Waals surface area (Å²) in [5.41, 5.74) is 0. The molecule has 0 aliphatic heterocycles. The predicted molar refractivity (Wildman–Crippen MR) is 384 cm³/mol. The van der Waals surface area contributed by atoms with Crippen molar-refractivity contribution in [2.75, 3.05) is 13.2 Å². The average Bonchev–Trinajstić information content (AvgIpc) is 3.52. The first-order valence-electron chi connectivity index (χ1n) is 39.8. The standard InChI is InChI=1S/C81H155NO5/c1-3-5-7-9-11-13-15-17-19-21-23-24-35-38-41-45-49-53-57-61-65-69-73-79(84)78(77-83)82-80(85)74-70-66-62-58-54-50-46-42-39-36-33-31-29-27-25-26-28-30-32-34-37-40-44-48-52-56-60-64-68-72-76-87-81(86)75-71-67-63-59-55-51-47-43-22-20-18-16-14-12-10-8-6-4-2/h20,22,26,28,69,73,78-79,83-84H,3-19,21,23-25,27,29-68,70-72,74-77H2,1-2H3,(H,82,85)/b22-20-,28-26-,73-69+. The van der Waals surface area contributed by atoms with Gasteiger partial charge in [-0.3, -0.25) is 9.59 Å². The lowest BCUT2D eigenvalue weighted by atomic mass is 10.0. The fraction of sp³-hybridized carbons (Fsp3) is 0.901. The minimum absolute atomic E-state index is 0.0147. The molecular formula is C81H155NO5. The summed E-state index contributed by atoms with van der Waals surface area (Å²) < 4.78 is 5.51. The van der Waals surface area contributed by atoms with E-state index in [4.69, 9.17) is 4.74 Å². The van der Waals surface area contributed by atoms with Crippen LogP contribution in [0.2, 0.25) is 0 Å². The molecule has 2 atom stereocenters. The Kier molecular flexibility index (Phi) is 74.8. The van der Waals surface area contributed by atoms with Gasteiger partial charge in [0, 0.05) is 12.8 Å². The number of allylic oxidation sites excluding steroid dienone is 5. The highest BCUT2D eigenvalue weighted by Crippen LogP contribution is 2.19. The van der Waals surface area contributed by atoms with Gasteiger partial charge in [0.1, 0.15) is 0 Å². The summed E-state index contributed by atoms with van der Waals surface area (Å²) in [5.74, 6) is -0.0472. The van der Waals surface area contributed by atoms with E-state index in [1.54, 1.807) is 6.08 Å². The number of nitrogens with one attached hydrogen (secondary N) is 1. The van der Waals surface area contributed by atoms with Crippen LogP contribution in [0.1, 0.15) is 444 Å². The van der Waals surface area contributed by atoms with E-state index in [9.17, 15) is 19.8 Å². The molecule has 6 nitrogen and oxygen atoms in total. The van der Waals surface area contributed by atoms with Gasteiger partial charge in [-0.25, -0.2) is 0 Å². The van der Waals surface area contributed by atoms with Crippen LogP contribution in [0.15, 0.2) is 36.5 Å². The maximum Gasteiger partial charge on any atom is 0.305 e. The number of esters is 1. The zero-order chi connectivity index (χ0) is 62.8. The molecule has 0 aliphatic carbocycles. The Morgan fingerprint density at radius 2 is 0.540 bits per heavy atom. The van der Waals surface area contributed by atoms with Gasteiger partial charge in [0.15, 0.2) is 0 Å². The average molecular weight is 1220 g/mol. The monoisotopic (exact) mass is 1220 g/mol. The van der Waals surface area contributed by atoms with E-state index in [0.29, 0.717) is 19.4 Å². The number of hydrogen-bond acceptors (Lipinski definition) is 5. The molecular weight excluding hydrogens is 1070 g/mol. The number of carbonyl (C=O) groups is 2. The molecule has 0 fully saturated rings. The van der Waals surface area contributed by atoms with E-state index < -0.39 is 12.1 Å². The number of unbranched alkanes of at least 4 members (excludes halogenated alkanes) is 60. The minimum atomic E-state index is -0.845. The van der Waals surface area contributed by atoms with Crippen LogP contribution in [0.4, 0.5) is 0 Å². The van der Waals surface area contributed by atoms with E-state index in [0.717, 1.165) is 44.9 Å². The molecule has 0 aromatic rings. The molecule has 0 saturated heterocycles.